The predicted octanol–water partition coefficient (Wildman–Crippen LogP) is 6.19. The average Bonchev–Trinajstić information content (AvgIpc) is 2.83. The summed E-state index contributed by atoms with van der Waals surface area (Å²) in [6, 6.07) is 22.9. The van der Waals surface area contributed by atoms with Crippen LogP contribution in [0.15, 0.2) is 83.9 Å². The Hall–Kier alpha value is -3.15. The zero-order chi connectivity index (χ0) is 23.2. The number of nitrogens with zero attached hydrogens (tertiary/aromatic N) is 1. The monoisotopic (exact) mass is 480 g/mol. The molecule has 0 fully saturated rings. The van der Waals surface area contributed by atoms with Crippen LogP contribution in [0.2, 0.25) is 10.0 Å². The van der Waals surface area contributed by atoms with Crippen LogP contribution in [0, 0.1) is 5.92 Å². The molecule has 33 heavy (non-hydrogen) atoms. The molecule has 0 radical (unpaired) electrons. The molecule has 4 rings (SSSR count). The van der Waals surface area contributed by atoms with Crippen molar-refractivity contribution in [2.24, 2.45) is 10.9 Å². The summed E-state index contributed by atoms with van der Waals surface area (Å²) in [7, 11) is 0. The maximum Gasteiger partial charge on any atom is 0.341 e. The Bertz CT molecular complexity index is 1160. The van der Waals surface area contributed by atoms with E-state index in [4.69, 9.17) is 27.9 Å². The maximum absolute atomic E-state index is 13.3. The summed E-state index contributed by atoms with van der Waals surface area (Å²) in [5.41, 5.74) is 3.02. The maximum atomic E-state index is 13.3. The van der Waals surface area contributed by atoms with Crippen LogP contribution in [-0.4, -0.2) is 17.7 Å². The molecule has 2 amide bonds. The molecule has 1 aliphatic heterocycles. The van der Waals surface area contributed by atoms with Crippen LogP contribution in [0.25, 0.3) is 0 Å². The molecule has 1 N–H and O–H groups in total. The molecule has 1 heterocycles. The number of carbonyl (C=O) groups excluding carboxylic acids is 2. The molecule has 0 bridgehead atoms. The Labute approximate surface area is 202 Å². The van der Waals surface area contributed by atoms with E-state index in [-0.39, 0.29) is 6.61 Å². The molecule has 168 valence electrons. The minimum atomic E-state index is -0.768. The number of carbonyl (C=O) groups is 2. The van der Waals surface area contributed by atoms with Crippen molar-refractivity contribution < 1.29 is 14.3 Å². The third-order valence-corrected chi connectivity index (χ3v) is 6.15. The molecule has 7 heteroatoms. The molecule has 1 aliphatic rings. The fourth-order valence-corrected chi connectivity index (χ4v) is 4.21. The van der Waals surface area contributed by atoms with Gasteiger partial charge in [-0.2, -0.15) is 0 Å². The molecule has 0 spiro atoms. The van der Waals surface area contributed by atoms with E-state index in [1.165, 1.54) is 0 Å². The summed E-state index contributed by atoms with van der Waals surface area (Å²) in [6.07, 6.45) is 0.938. The molecule has 2 atom stereocenters. The third kappa shape index (κ3) is 5.81. The van der Waals surface area contributed by atoms with E-state index in [1.807, 2.05) is 54.6 Å². The number of urea groups is 1. The molecular weight excluding hydrogens is 459 g/mol. The second-order valence-electron chi connectivity index (χ2n) is 7.74. The van der Waals surface area contributed by atoms with Crippen LogP contribution in [0.4, 0.5) is 4.79 Å². The van der Waals surface area contributed by atoms with E-state index >= 15 is 0 Å². The molecule has 2 unspecified atom stereocenters. The second kappa shape index (κ2) is 10.6. The van der Waals surface area contributed by atoms with Gasteiger partial charge in [-0.1, -0.05) is 83.9 Å². The predicted molar refractivity (Wildman–Crippen MR) is 130 cm³/mol. The summed E-state index contributed by atoms with van der Waals surface area (Å²) < 4.78 is 5.66. The van der Waals surface area contributed by atoms with Gasteiger partial charge in [-0.3, -0.25) is 4.79 Å². The number of aliphatic imine (C=N–C) groups is 1. The lowest BCUT2D eigenvalue weighted by molar-refractivity contribution is -0.148. The van der Waals surface area contributed by atoms with E-state index in [0.29, 0.717) is 28.6 Å². The lowest BCUT2D eigenvalue weighted by Crippen LogP contribution is -2.45. The van der Waals surface area contributed by atoms with Crippen molar-refractivity contribution in [3.8, 4) is 0 Å². The highest BCUT2D eigenvalue weighted by molar-refractivity contribution is 6.31. The van der Waals surface area contributed by atoms with E-state index in [0.717, 1.165) is 16.7 Å². The van der Waals surface area contributed by atoms with Gasteiger partial charge in [0.1, 0.15) is 12.5 Å². The first-order chi connectivity index (χ1) is 16.0. The first-order valence-electron chi connectivity index (χ1n) is 10.6. The van der Waals surface area contributed by atoms with E-state index < -0.39 is 24.0 Å². The van der Waals surface area contributed by atoms with Gasteiger partial charge in [-0.05, 0) is 47.7 Å². The standard InChI is InChI=1S/C26H22Cl2N2O3/c27-20-13-10-19(11-14-20)24-23(25(31)33-16-17-6-2-1-3-7-17)22(29-26(32)30-24)15-12-18-8-4-5-9-21(18)28/h1-11,13-14,23-24H,12,15-16H2,(H,30,32). The number of benzene rings is 3. The quantitative estimate of drug-likeness (QED) is 0.409. The Morgan fingerprint density at radius 2 is 1.61 bits per heavy atom. The van der Waals surface area contributed by atoms with Gasteiger partial charge in [0, 0.05) is 15.8 Å². The zero-order valence-corrected chi connectivity index (χ0v) is 19.2. The number of halogens is 2. The van der Waals surface area contributed by atoms with Crippen molar-refractivity contribution in [1.82, 2.24) is 5.32 Å². The van der Waals surface area contributed by atoms with Crippen molar-refractivity contribution in [2.45, 2.75) is 25.5 Å². The van der Waals surface area contributed by atoms with Crippen LogP contribution in [0.1, 0.15) is 29.2 Å². The van der Waals surface area contributed by atoms with Crippen LogP contribution in [0.3, 0.4) is 0 Å². The van der Waals surface area contributed by atoms with Crippen LogP contribution >= 0.6 is 23.2 Å². The van der Waals surface area contributed by atoms with Gasteiger partial charge in [-0.15, -0.1) is 0 Å². The highest BCUT2D eigenvalue weighted by Gasteiger charge is 2.39. The molecule has 0 aliphatic carbocycles. The first-order valence-corrected chi connectivity index (χ1v) is 11.3. The van der Waals surface area contributed by atoms with Crippen molar-refractivity contribution in [1.29, 1.82) is 0 Å². The Morgan fingerprint density at radius 1 is 0.909 bits per heavy atom. The molecule has 0 aromatic heterocycles. The normalized spacial score (nSPS) is 17.8. The third-order valence-electron chi connectivity index (χ3n) is 5.53. The van der Waals surface area contributed by atoms with Crippen molar-refractivity contribution in [3.05, 3.63) is 106 Å². The number of nitrogens with one attached hydrogen (secondary N) is 1. The van der Waals surface area contributed by atoms with Gasteiger partial charge in [0.15, 0.2) is 0 Å². The fourth-order valence-electron chi connectivity index (χ4n) is 3.85. The highest BCUT2D eigenvalue weighted by atomic mass is 35.5. The molecule has 3 aromatic rings. The number of rotatable bonds is 7. The summed E-state index contributed by atoms with van der Waals surface area (Å²) in [5, 5.41) is 4.03. The smallest absolute Gasteiger partial charge is 0.341 e. The molecule has 0 saturated carbocycles. The average molecular weight is 481 g/mol. The Kier molecular flexibility index (Phi) is 7.43. The summed E-state index contributed by atoms with van der Waals surface area (Å²) in [5.74, 6) is -1.22. The van der Waals surface area contributed by atoms with Gasteiger partial charge in [0.2, 0.25) is 0 Å². The molecule has 5 nitrogen and oxygen atoms in total. The lowest BCUT2D eigenvalue weighted by Gasteiger charge is -2.31. The van der Waals surface area contributed by atoms with Crippen molar-refractivity contribution >= 4 is 40.9 Å². The minimum absolute atomic E-state index is 0.134. The summed E-state index contributed by atoms with van der Waals surface area (Å²) >= 11 is 12.3. The topological polar surface area (TPSA) is 67.8 Å². The zero-order valence-electron chi connectivity index (χ0n) is 17.7. The Balaban J connectivity index is 1.61. The summed E-state index contributed by atoms with van der Waals surface area (Å²) in [4.78, 5) is 29.9. The van der Waals surface area contributed by atoms with E-state index in [1.54, 1.807) is 24.3 Å². The number of hydrogen-bond donors (Lipinski definition) is 1. The number of amides is 2. The molecular formula is C26H22Cl2N2O3. The second-order valence-corrected chi connectivity index (χ2v) is 8.59. The van der Waals surface area contributed by atoms with Crippen molar-refractivity contribution in [2.75, 3.05) is 0 Å². The number of hydrogen-bond acceptors (Lipinski definition) is 3. The first kappa shape index (κ1) is 23.0. The van der Waals surface area contributed by atoms with Crippen molar-refractivity contribution in [3.63, 3.8) is 0 Å². The largest absolute Gasteiger partial charge is 0.460 e. The Morgan fingerprint density at radius 3 is 2.33 bits per heavy atom. The lowest BCUT2D eigenvalue weighted by atomic mass is 9.85. The van der Waals surface area contributed by atoms with Gasteiger partial charge in [0.05, 0.1) is 6.04 Å². The minimum Gasteiger partial charge on any atom is -0.460 e. The summed E-state index contributed by atoms with van der Waals surface area (Å²) in [6.45, 7) is 0.134. The van der Waals surface area contributed by atoms with Gasteiger partial charge < -0.3 is 10.1 Å². The van der Waals surface area contributed by atoms with E-state index in [2.05, 4.69) is 10.3 Å². The van der Waals surface area contributed by atoms with E-state index in [9.17, 15) is 9.59 Å². The molecule has 0 saturated heterocycles. The van der Waals surface area contributed by atoms with Gasteiger partial charge in [0.25, 0.3) is 0 Å². The number of ether oxygens (including phenoxy) is 1. The van der Waals surface area contributed by atoms with Crippen LogP contribution < -0.4 is 5.32 Å². The SMILES string of the molecule is O=C1N=C(CCc2ccccc2Cl)C(C(=O)OCc2ccccc2)C(c2ccc(Cl)cc2)N1. The fraction of sp³-hybridized carbons (Fsp3) is 0.192. The number of esters is 1. The number of aryl methyl sites for hydroxylation is 1. The molecule has 3 aromatic carbocycles. The highest BCUT2D eigenvalue weighted by Crippen LogP contribution is 2.31. The van der Waals surface area contributed by atoms with Gasteiger partial charge in [-0.25, -0.2) is 9.79 Å². The van der Waals surface area contributed by atoms with Gasteiger partial charge >= 0.3 is 12.0 Å². The van der Waals surface area contributed by atoms with Crippen LogP contribution in [0.5, 0.6) is 0 Å². The van der Waals surface area contributed by atoms with Crippen LogP contribution in [-0.2, 0) is 22.6 Å².